The third-order valence-electron chi connectivity index (χ3n) is 3.78. The summed E-state index contributed by atoms with van der Waals surface area (Å²) in [6.07, 6.45) is 8.87. The fourth-order valence-corrected chi connectivity index (χ4v) is 2.91. The molecule has 0 aromatic carbocycles. The van der Waals surface area contributed by atoms with Gasteiger partial charge < -0.3 is 5.73 Å². The summed E-state index contributed by atoms with van der Waals surface area (Å²) in [4.78, 5) is 8.03. The minimum atomic E-state index is 0.210. The SMILES string of the molecule is CC1=CCCC(C)(C)C1/C=C/c1cc(Cl)nc(N)n1. The lowest BCUT2D eigenvalue weighted by Gasteiger charge is -2.36. The summed E-state index contributed by atoms with van der Waals surface area (Å²) in [5.41, 5.74) is 8.05. The van der Waals surface area contributed by atoms with Gasteiger partial charge in [0.05, 0.1) is 5.69 Å². The van der Waals surface area contributed by atoms with Crippen LogP contribution in [0.3, 0.4) is 0 Å². The van der Waals surface area contributed by atoms with Gasteiger partial charge in [0.25, 0.3) is 0 Å². The number of hydrogen-bond donors (Lipinski definition) is 1. The normalized spacial score (nSPS) is 22.5. The third kappa shape index (κ3) is 3.35. The summed E-state index contributed by atoms with van der Waals surface area (Å²) in [7, 11) is 0. The van der Waals surface area contributed by atoms with E-state index < -0.39 is 0 Å². The smallest absolute Gasteiger partial charge is 0.221 e. The summed E-state index contributed by atoms with van der Waals surface area (Å²) in [6.45, 7) is 6.80. The Labute approximate surface area is 119 Å². The summed E-state index contributed by atoms with van der Waals surface area (Å²) >= 11 is 5.88. The van der Waals surface area contributed by atoms with Crippen molar-refractivity contribution < 1.29 is 0 Å². The maximum Gasteiger partial charge on any atom is 0.221 e. The zero-order valence-electron chi connectivity index (χ0n) is 11.7. The van der Waals surface area contributed by atoms with Crippen molar-refractivity contribution in [2.24, 2.45) is 11.3 Å². The van der Waals surface area contributed by atoms with Crippen LogP contribution in [0, 0.1) is 11.3 Å². The van der Waals surface area contributed by atoms with Gasteiger partial charge in [0.2, 0.25) is 5.95 Å². The highest BCUT2D eigenvalue weighted by Gasteiger charge is 2.30. The van der Waals surface area contributed by atoms with Crippen LogP contribution in [0.4, 0.5) is 5.95 Å². The van der Waals surface area contributed by atoms with Crippen molar-refractivity contribution in [3.63, 3.8) is 0 Å². The van der Waals surface area contributed by atoms with E-state index >= 15 is 0 Å². The molecule has 0 aliphatic heterocycles. The first kappa shape index (κ1) is 14.1. The van der Waals surface area contributed by atoms with Crippen molar-refractivity contribution in [3.8, 4) is 0 Å². The Morgan fingerprint density at radius 3 is 2.79 bits per heavy atom. The zero-order valence-corrected chi connectivity index (χ0v) is 12.4. The molecule has 1 aromatic heterocycles. The minimum absolute atomic E-state index is 0.210. The topological polar surface area (TPSA) is 51.8 Å². The second kappa shape index (κ2) is 5.33. The van der Waals surface area contributed by atoms with E-state index in [4.69, 9.17) is 17.3 Å². The molecule has 0 bridgehead atoms. The average molecular weight is 278 g/mol. The molecule has 3 nitrogen and oxygen atoms in total. The van der Waals surface area contributed by atoms with Crippen LogP contribution in [0.2, 0.25) is 5.15 Å². The molecule has 4 heteroatoms. The molecule has 19 heavy (non-hydrogen) atoms. The molecule has 0 spiro atoms. The van der Waals surface area contributed by atoms with Crippen LogP contribution in [-0.4, -0.2) is 9.97 Å². The van der Waals surface area contributed by atoms with Gasteiger partial charge in [0.15, 0.2) is 0 Å². The summed E-state index contributed by atoms with van der Waals surface area (Å²) in [5, 5.41) is 0.377. The first-order chi connectivity index (χ1) is 8.88. The Morgan fingerprint density at radius 1 is 1.42 bits per heavy atom. The van der Waals surface area contributed by atoms with Gasteiger partial charge in [-0.15, -0.1) is 0 Å². The Hall–Kier alpha value is -1.35. The molecule has 0 amide bonds. The van der Waals surface area contributed by atoms with E-state index in [0.717, 1.165) is 12.1 Å². The van der Waals surface area contributed by atoms with E-state index in [1.165, 1.54) is 12.0 Å². The molecule has 2 rings (SSSR count). The van der Waals surface area contributed by atoms with E-state index in [1.54, 1.807) is 6.07 Å². The number of nitrogens with two attached hydrogens (primary N) is 1. The maximum absolute atomic E-state index is 5.88. The average Bonchev–Trinajstić information content (AvgIpc) is 2.26. The minimum Gasteiger partial charge on any atom is -0.368 e. The van der Waals surface area contributed by atoms with Gasteiger partial charge in [-0.3, -0.25) is 0 Å². The Kier molecular flexibility index (Phi) is 3.95. The molecule has 0 fully saturated rings. The molecule has 1 unspecified atom stereocenters. The highest BCUT2D eigenvalue weighted by atomic mass is 35.5. The monoisotopic (exact) mass is 277 g/mol. The van der Waals surface area contributed by atoms with Gasteiger partial charge in [0.1, 0.15) is 5.15 Å². The lowest BCUT2D eigenvalue weighted by Crippen LogP contribution is -2.26. The van der Waals surface area contributed by atoms with Crippen LogP contribution in [0.15, 0.2) is 23.8 Å². The fourth-order valence-electron chi connectivity index (χ4n) is 2.72. The van der Waals surface area contributed by atoms with E-state index in [-0.39, 0.29) is 11.4 Å². The second-order valence-corrected chi connectivity index (χ2v) is 6.17. The number of aromatic nitrogens is 2. The summed E-state index contributed by atoms with van der Waals surface area (Å²) < 4.78 is 0. The largest absolute Gasteiger partial charge is 0.368 e. The Bertz CT molecular complexity index is 512. The molecular weight excluding hydrogens is 258 g/mol. The van der Waals surface area contributed by atoms with Crippen molar-refractivity contribution in [2.45, 2.75) is 33.6 Å². The van der Waals surface area contributed by atoms with Gasteiger partial charge in [-0.2, -0.15) is 0 Å². The highest BCUT2D eigenvalue weighted by Crippen LogP contribution is 2.41. The van der Waals surface area contributed by atoms with Crippen molar-refractivity contribution in [2.75, 3.05) is 5.73 Å². The van der Waals surface area contributed by atoms with Crippen molar-refractivity contribution >= 4 is 23.6 Å². The first-order valence-corrected chi connectivity index (χ1v) is 6.91. The van der Waals surface area contributed by atoms with Crippen molar-refractivity contribution in [1.29, 1.82) is 0 Å². The number of nitrogen functional groups attached to an aromatic ring is 1. The number of allylic oxidation sites excluding steroid dienone is 3. The molecule has 1 aromatic rings. The van der Waals surface area contributed by atoms with Crippen LogP contribution in [-0.2, 0) is 0 Å². The van der Waals surface area contributed by atoms with Crippen LogP contribution in [0.25, 0.3) is 6.08 Å². The van der Waals surface area contributed by atoms with Gasteiger partial charge in [0, 0.05) is 12.0 Å². The van der Waals surface area contributed by atoms with Gasteiger partial charge in [-0.25, -0.2) is 9.97 Å². The highest BCUT2D eigenvalue weighted by molar-refractivity contribution is 6.29. The molecule has 1 heterocycles. The number of rotatable bonds is 2. The van der Waals surface area contributed by atoms with Gasteiger partial charge >= 0.3 is 0 Å². The third-order valence-corrected chi connectivity index (χ3v) is 3.97. The molecule has 0 radical (unpaired) electrons. The molecule has 1 atom stereocenters. The van der Waals surface area contributed by atoms with E-state index in [1.807, 2.05) is 6.08 Å². The number of halogens is 1. The summed E-state index contributed by atoms with van der Waals surface area (Å²) in [6, 6.07) is 1.73. The lowest BCUT2D eigenvalue weighted by molar-refractivity contribution is 0.256. The predicted molar refractivity (Wildman–Crippen MR) is 80.8 cm³/mol. The predicted octanol–water partition coefficient (Wildman–Crippen LogP) is 4.11. The molecule has 0 saturated carbocycles. The first-order valence-electron chi connectivity index (χ1n) is 6.53. The van der Waals surface area contributed by atoms with Crippen LogP contribution in [0.5, 0.6) is 0 Å². The van der Waals surface area contributed by atoms with Crippen molar-refractivity contribution in [3.05, 3.63) is 34.6 Å². The van der Waals surface area contributed by atoms with E-state index in [2.05, 4.69) is 42.9 Å². The molecular formula is C15H20ClN3. The van der Waals surface area contributed by atoms with Crippen LogP contribution < -0.4 is 5.73 Å². The van der Waals surface area contributed by atoms with Gasteiger partial charge in [-0.05, 0) is 31.3 Å². The lowest BCUT2D eigenvalue weighted by atomic mass is 9.68. The maximum atomic E-state index is 5.88. The van der Waals surface area contributed by atoms with Crippen LogP contribution >= 0.6 is 11.6 Å². The fraction of sp³-hybridized carbons (Fsp3) is 0.467. The zero-order chi connectivity index (χ0) is 14.0. The standard InChI is InChI=1S/C15H20ClN3/c1-10-5-4-8-15(2,3)12(10)7-6-11-9-13(16)19-14(17)18-11/h5-7,9,12H,4,8H2,1-3H3,(H2,17,18,19)/b7-6+. The van der Waals surface area contributed by atoms with Crippen molar-refractivity contribution in [1.82, 2.24) is 9.97 Å². The van der Waals surface area contributed by atoms with Gasteiger partial charge in [-0.1, -0.05) is 43.2 Å². The van der Waals surface area contributed by atoms with Crippen LogP contribution in [0.1, 0.15) is 39.3 Å². The Morgan fingerprint density at radius 2 is 2.16 bits per heavy atom. The Balaban J connectivity index is 2.26. The molecule has 102 valence electrons. The quantitative estimate of drug-likeness (QED) is 0.654. The van der Waals surface area contributed by atoms with E-state index in [9.17, 15) is 0 Å². The number of nitrogens with zero attached hydrogens (tertiary/aromatic N) is 2. The molecule has 1 aliphatic carbocycles. The molecule has 0 saturated heterocycles. The number of hydrogen-bond acceptors (Lipinski definition) is 3. The number of anilines is 1. The van der Waals surface area contributed by atoms with E-state index in [0.29, 0.717) is 11.1 Å². The molecule has 1 aliphatic rings. The molecule has 2 N–H and O–H groups in total. The second-order valence-electron chi connectivity index (χ2n) is 5.79. The summed E-state index contributed by atoms with van der Waals surface area (Å²) in [5.74, 6) is 0.638.